The van der Waals surface area contributed by atoms with E-state index in [1.165, 1.54) is 12.1 Å². The Hall–Kier alpha value is -1.18. The predicted molar refractivity (Wildman–Crippen MR) is 72.5 cm³/mol. The Balaban J connectivity index is 2.93. The number of rotatable bonds is 5. The van der Waals surface area contributed by atoms with E-state index in [9.17, 15) is 8.42 Å². The molecule has 0 saturated carbocycles. The Kier molecular flexibility index (Phi) is 5.06. The number of halogens is 1. The first-order chi connectivity index (χ1) is 8.36. The van der Waals surface area contributed by atoms with Crippen LogP contribution in [0.15, 0.2) is 17.0 Å². The van der Waals surface area contributed by atoms with Crippen LogP contribution in [-0.4, -0.2) is 15.0 Å². The third kappa shape index (κ3) is 3.94. The van der Waals surface area contributed by atoms with Gasteiger partial charge in [0.25, 0.3) is 9.05 Å². The monoisotopic (exact) mass is 286 g/mol. The van der Waals surface area contributed by atoms with E-state index >= 15 is 0 Å². The molecule has 0 unspecified atom stereocenters. The first-order valence-electron chi connectivity index (χ1n) is 5.48. The van der Waals surface area contributed by atoms with Crippen LogP contribution in [0.3, 0.4) is 0 Å². The maximum atomic E-state index is 11.3. The maximum absolute atomic E-state index is 11.3. The van der Waals surface area contributed by atoms with E-state index < -0.39 is 9.05 Å². The molecule has 1 aromatic rings. The molecule has 98 valence electrons. The number of hydrogen-bond donors (Lipinski definition) is 0. The van der Waals surface area contributed by atoms with E-state index in [1.54, 1.807) is 13.8 Å². The van der Waals surface area contributed by atoms with Gasteiger partial charge in [0.1, 0.15) is 5.75 Å². The van der Waals surface area contributed by atoms with E-state index in [0.717, 1.165) is 17.5 Å². The van der Waals surface area contributed by atoms with Gasteiger partial charge in [0, 0.05) is 17.1 Å². The van der Waals surface area contributed by atoms with E-state index in [0.29, 0.717) is 18.8 Å². The molecule has 0 bridgehead atoms. The SMILES string of the molecule is C#CCCCOc1c(C)cc(S(=O)(=O)Cl)cc1C. The molecule has 0 N–H and O–H groups in total. The number of ether oxygens (including phenoxy) is 1. The molecule has 0 atom stereocenters. The fraction of sp³-hybridized carbons (Fsp3) is 0.385. The Labute approximate surface area is 113 Å². The minimum atomic E-state index is -3.70. The molecule has 0 heterocycles. The van der Waals surface area contributed by atoms with E-state index in [1.807, 2.05) is 0 Å². The van der Waals surface area contributed by atoms with Crippen molar-refractivity contribution in [3.63, 3.8) is 0 Å². The number of benzene rings is 1. The summed E-state index contributed by atoms with van der Waals surface area (Å²) in [6, 6.07) is 3.01. The lowest BCUT2D eigenvalue weighted by Gasteiger charge is -2.12. The summed E-state index contributed by atoms with van der Waals surface area (Å²) in [4.78, 5) is 0.0927. The van der Waals surface area contributed by atoms with Gasteiger partial charge in [-0.05, 0) is 43.5 Å². The minimum Gasteiger partial charge on any atom is -0.493 e. The smallest absolute Gasteiger partial charge is 0.261 e. The van der Waals surface area contributed by atoms with E-state index in [-0.39, 0.29) is 4.90 Å². The third-order valence-corrected chi connectivity index (χ3v) is 3.76. The van der Waals surface area contributed by atoms with Gasteiger partial charge in [-0.1, -0.05) is 0 Å². The van der Waals surface area contributed by atoms with Crippen LogP contribution in [0.2, 0.25) is 0 Å². The Morgan fingerprint density at radius 2 is 1.89 bits per heavy atom. The number of terminal acetylenes is 1. The normalized spacial score (nSPS) is 11.0. The van der Waals surface area contributed by atoms with Crippen molar-refractivity contribution in [2.75, 3.05) is 6.61 Å². The number of aryl methyl sites for hydroxylation is 2. The highest BCUT2D eigenvalue weighted by Gasteiger charge is 2.14. The summed E-state index contributed by atoms with van der Waals surface area (Å²) in [7, 11) is 1.61. The molecule has 0 aliphatic heterocycles. The van der Waals surface area contributed by atoms with Crippen molar-refractivity contribution in [2.24, 2.45) is 0 Å². The fourth-order valence-electron chi connectivity index (χ4n) is 1.63. The van der Waals surface area contributed by atoms with Crippen LogP contribution < -0.4 is 4.74 Å². The second-order valence-electron chi connectivity index (χ2n) is 3.98. The van der Waals surface area contributed by atoms with Crippen LogP contribution in [0, 0.1) is 26.2 Å². The molecule has 3 nitrogen and oxygen atoms in total. The van der Waals surface area contributed by atoms with Crippen molar-refractivity contribution in [3.05, 3.63) is 23.3 Å². The lowest BCUT2D eigenvalue weighted by Crippen LogP contribution is -2.02. The Bertz CT molecular complexity index is 547. The van der Waals surface area contributed by atoms with Gasteiger partial charge in [-0.3, -0.25) is 0 Å². The number of unbranched alkanes of at least 4 members (excludes halogenated alkanes) is 1. The van der Waals surface area contributed by atoms with Crippen molar-refractivity contribution in [1.29, 1.82) is 0 Å². The summed E-state index contributed by atoms with van der Waals surface area (Å²) in [6.45, 7) is 4.09. The summed E-state index contributed by atoms with van der Waals surface area (Å²) >= 11 is 0. The van der Waals surface area contributed by atoms with Gasteiger partial charge in [0.15, 0.2) is 0 Å². The van der Waals surface area contributed by atoms with Crippen LogP contribution in [0.25, 0.3) is 0 Å². The zero-order valence-electron chi connectivity index (χ0n) is 10.4. The molecule has 0 aliphatic carbocycles. The minimum absolute atomic E-state index is 0.0927. The molecule has 1 rings (SSSR count). The van der Waals surface area contributed by atoms with E-state index in [2.05, 4.69) is 5.92 Å². The average Bonchev–Trinajstić information content (AvgIpc) is 2.25. The Morgan fingerprint density at radius 1 is 1.33 bits per heavy atom. The van der Waals surface area contributed by atoms with Crippen molar-refractivity contribution in [2.45, 2.75) is 31.6 Å². The molecule has 5 heteroatoms. The molecule has 0 aromatic heterocycles. The molecule has 0 aliphatic rings. The van der Waals surface area contributed by atoms with Crippen molar-refractivity contribution >= 4 is 19.7 Å². The molecular formula is C13H15ClO3S. The van der Waals surface area contributed by atoms with E-state index in [4.69, 9.17) is 21.8 Å². The highest BCUT2D eigenvalue weighted by molar-refractivity contribution is 8.13. The maximum Gasteiger partial charge on any atom is 0.261 e. The van der Waals surface area contributed by atoms with Crippen LogP contribution in [0.1, 0.15) is 24.0 Å². The first kappa shape index (κ1) is 14.9. The second kappa shape index (κ2) is 6.12. The highest BCUT2D eigenvalue weighted by Crippen LogP contribution is 2.28. The zero-order chi connectivity index (χ0) is 13.8. The summed E-state index contributed by atoms with van der Waals surface area (Å²) < 4.78 is 28.1. The molecule has 18 heavy (non-hydrogen) atoms. The Morgan fingerprint density at radius 3 is 2.33 bits per heavy atom. The van der Waals surface area contributed by atoms with Crippen LogP contribution in [-0.2, 0) is 9.05 Å². The summed E-state index contributed by atoms with van der Waals surface area (Å²) in [5.41, 5.74) is 1.49. The zero-order valence-corrected chi connectivity index (χ0v) is 11.9. The average molecular weight is 287 g/mol. The molecular weight excluding hydrogens is 272 g/mol. The summed E-state index contributed by atoms with van der Waals surface area (Å²) in [5, 5.41) is 0. The van der Waals surface area contributed by atoms with Crippen molar-refractivity contribution in [1.82, 2.24) is 0 Å². The second-order valence-corrected chi connectivity index (χ2v) is 6.55. The summed E-state index contributed by atoms with van der Waals surface area (Å²) in [5.74, 6) is 3.23. The van der Waals surface area contributed by atoms with Crippen LogP contribution in [0.4, 0.5) is 0 Å². The summed E-state index contributed by atoms with van der Waals surface area (Å²) in [6.07, 6.45) is 6.58. The first-order valence-corrected chi connectivity index (χ1v) is 7.79. The predicted octanol–water partition coefficient (Wildman–Crippen LogP) is 3.02. The van der Waals surface area contributed by atoms with Crippen LogP contribution in [0.5, 0.6) is 5.75 Å². The molecule has 0 fully saturated rings. The number of hydrogen-bond acceptors (Lipinski definition) is 3. The quantitative estimate of drug-likeness (QED) is 0.475. The standard InChI is InChI=1S/C13H15ClO3S/c1-4-5-6-7-17-13-10(2)8-12(9-11(13)3)18(14,15)16/h1,8-9H,5-7H2,2-3H3. The van der Waals surface area contributed by atoms with Crippen LogP contribution >= 0.6 is 10.7 Å². The third-order valence-electron chi connectivity index (χ3n) is 2.43. The molecule has 0 spiro atoms. The highest BCUT2D eigenvalue weighted by atomic mass is 35.7. The van der Waals surface area contributed by atoms with Crippen molar-refractivity contribution < 1.29 is 13.2 Å². The topological polar surface area (TPSA) is 43.4 Å². The van der Waals surface area contributed by atoms with Gasteiger partial charge >= 0.3 is 0 Å². The largest absolute Gasteiger partial charge is 0.493 e. The molecule has 1 aromatic carbocycles. The molecule has 0 amide bonds. The molecule has 0 saturated heterocycles. The van der Waals surface area contributed by atoms with Gasteiger partial charge in [0.2, 0.25) is 0 Å². The van der Waals surface area contributed by atoms with Gasteiger partial charge < -0.3 is 4.74 Å². The lowest BCUT2D eigenvalue weighted by molar-refractivity contribution is 0.308. The van der Waals surface area contributed by atoms with Gasteiger partial charge in [0.05, 0.1) is 11.5 Å². The fourth-order valence-corrected chi connectivity index (χ4v) is 2.53. The molecule has 0 radical (unpaired) electrons. The van der Waals surface area contributed by atoms with Gasteiger partial charge in [-0.25, -0.2) is 8.42 Å². The van der Waals surface area contributed by atoms with Crippen molar-refractivity contribution in [3.8, 4) is 18.1 Å². The van der Waals surface area contributed by atoms with Gasteiger partial charge in [-0.2, -0.15) is 0 Å². The lowest BCUT2D eigenvalue weighted by atomic mass is 10.1. The van der Waals surface area contributed by atoms with Gasteiger partial charge in [-0.15, -0.1) is 12.3 Å².